The molecule has 0 bridgehead atoms. The number of hydrogen-bond acceptors (Lipinski definition) is 6. The van der Waals surface area contributed by atoms with E-state index >= 15 is 0 Å². The molecule has 0 aliphatic heterocycles. The lowest BCUT2D eigenvalue weighted by Gasteiger charge is -1.97. The highest BCUT2D eigenvalue weighted by atomic mass is 32.1. The molecule has 2 heterocycles. The first-order valence-corrected chi connectivity index (χ1v) is 6.46. The average molecular weight is 267 g/mol. The number of hydrogen-bond donors (Lipinski definition) is 2. The second-order valence-corrected chi connectivity index (χ2v) is 4.96. The lowest BCUT2D eigenvalue weighted by atomic mass is 10.3. The van der Waals surface area contributed by atoms with Crippen molar-refractivity contribution in [3.63, 3.8) is 0 Å². The zero-order chi connectivity index (χ0) is 12.3. The van der Waals surface area contributed by atoms with Crippen molar-refractivity contribution in [2.24, 2.45) is 5.16 Å². The van der Waals surface area contributed by atoms with Crippen LogP contribution in [0.25, 0.3) is 0 Å². The maximum atomic E-state index is 11.7. The van der Waals surface area contributed by atoms with Gasteiger partial charge < -0.3 is 5.21 Å². The van der Waals surface area contributed by atoms with Gasteiger partial charge in [0.2, 0.25) is 0 Å². The monoisotopic (exact) mass is 267 g/mol. The van der Waals surface area contributed by atoms with Gasteiger partial charge in [-0.2, -0.15) is 0 Å². The Bertz CT molecular complexity index is 546. The van der Waals surface area contributed by atoms with Crippen LogP contribution < -0.4 is 5.32 Å². The summed E-state index contributed by atoms with van der Waals surface area (Å²) in [6.45, 7) is 1.64. The van der Waals surface area contributed by atoms with Gasteiger partial charge in [0.25, 0.3) is 5.91 Å². The van der Waals surface area contributed by atoms with Crippen LogP contribution in [0.15, 0.2) is 28.0 Å². The largest absolute Gasteiger partial charge is 0.411 e. The van der Waals surface area contributed by atoms with Crippen molar-refractivity contribution in [1.82, 2.24) is 4.98 Å². The first-order valence-electron chi connectivity index (χ1n) is 4.70. The van der Waals surface area contributed by atoms with Crippen LogP contribution in [0.3, 0.4) is 0 Å². The van der Waals surface area contributed by atoms with Gasteiger partial charge >= 0.3 is 0 Å². The van der Waals surface area contributed by atoms with E-state index < -0.39 is 0 Å². The van der Waals surface area contributed by atoms with Gasteiger partial charge in [0.05, 0.1) is 4.88 Å². The zero-order valence-corrected chi connectivity index (χ0v) is 10.5. The third-order valence-corrected chi connectivity index (χ3v) is 3.62. The standard InChI is InChI=1S/C10H9N3O2S2/c1-6(13-15)7-5-17-10(11-7)12-9(14)8-3-2-4-16-8/h2-5,15H,1H3,(H,11,12,14). The number of carbonyl (C=O) groups is 1. The van der Waals surface area contributed by atoms with E-state index in [1.807, 2.05) is 11.4 Å². The van der Waals surface area contributed by atoms with Crippen molar-refractivity contribution in [3.8, 4) is 0 Å². The molecule has 0 spiro atoms. The second-order valence-electron chi connectivity index (χ2n) is 3.15. The Kier molecular flexibility index (Phi) is 3.50. The van der Waals surface area contributed by atoms with Gasteiger partial charge in [-0.1, -0.05) is 11.2 Å². The summed E-state index contributed by atoms with van der Waals surface area (Å²) < 4.78 is 0. The number of nitrogens with one attached hydrogen (secondary N) is 1. The molecule has 2 N–H and O–H groups in total. The van der Waals surface area contributed by atoms with Crippen LogP contribution in [0.4, 0.5) is 5.13 Å². The van der Waals surface area contributed by atoms with E-state index in [0.717, 1.165) is 0 Å². The van der Waals surface area contributed by atoms with Gasteiger partial charge in [0.15, 0.2) is 5.13 Å². The second kappa shape index (κ2) is 5.07. The van der Waals surface area contributed by atoms with Crippen LogP contribution in [0.5, 0.6) is 0 Å². The van der Waals surface area contributed by atoms with Gasteiger partial charge in [-0.3, -0.25) is 10.1 Å². The van der Waals surface area contributed by atoms with Crippen molar-refractivity contribution in [1.29, 1.82) is 0 Å². The highest BCUT2D eigenvalue weighted by Gasteiger charge is 2.10. The quantitative estimate of drug-likeness (QED) is 0.510. The fourth-order valence-corrected chi connectivity index (χ4v) is 2.48. The van der Waals surface area contributed by atoms with Crippen LogP contribution in [0.2, 0.25) is 0 Å². The number of amides is 1. The SMILES string of the molecule is CC(=NO)c1csc(NC(=O)c2cccs2)n1. The number of rotatable bonds is 3. The molecule has 17 heavy (non-hydrogen) atoms. The van der Waals surface area contributed by atoms with Crippen LogP contribution in [-0.4, -0.2) is 21.8 Å². The van der Waals surface area contributed by atoms with Crippen LogP contribution in [0.1, 0.15) is 22.3 Å². The molecule has 2 aromatic heterocycles. The minimum Gasteiger partial charge on any atom is -0.411 e. The number of aromatic nitrogens is 1. The molecular weight excluding hydrogens is 258 g/mol. The van der Waals surface area contributed by atoms with Gasteiger partial charge in [-0.25, -0.2) is 4.98 Å². The van der Waals surface area contributed by atoms with E-state index in [4.69, 9.17) is 5.21 Å². The van der Waals surface area contributed by atoms with Crippen LogP contribution >= 0.6 is 22.7 Å². The molecule has 0 saturated carbocycles. The predicted octanol–water partition coefficient (Wildman–Crippen LogP) is 2.66. The molecule has 5 nitrogen and oxygen atoms in total. The fraction of sp³-hybridized carbons (Fsp3) is 0.100. The summed E-state index contributed by atoms with van der Waals surface area (Å²) >= 11 is 2.66. The van der Waals surface area contributed by atoms with Crippen LogP contribution in [0, 0.1) is 0 Å². The molecule has 2 aromatic rings. The number of oxime groups is 1. The van der Waals surface area contributed by atoms with Crippen molar-refractivity contribution in [2.75, 3.05) is 5.32 Å². The summed E-state index contributed by atoms with van der Waals surface area (Å²) in [5.74, 6) is -0.181. The highest BCUT2D eigenvalue weighted by molar-refractivity contribution is 7.14. The summed E-state index contributed by atoms with van der Waals surface area (Å²) in [7, 11) is 0. The molecule has 2 rings (SSSR count). The average Bonchev–Trinajstić information content (AvgIpc) is 2.98. The maximum Gasteiger partial charge on any atom is 0.267 e. The van der Waals surface area contributed by atoms with Crippen molar-refractivity contribution in [3.05, 3.63) is 33.5 Å². The number of thiophene rings is 1. The Hall–Kier alpha value is -1.73. The molecule has 0 aromatic carbocycles. The van der Waals surface area contributed by atoms with E-state index in [-0.39, 0.29) is 5.91 Å². The smallest absolute Gasteiger partial charge is 0.267 e. The van der Waals surface area contributed by atoms with Gasteiger partial charge in [0.1, 0.15) is 11.4 Å². The Morgan fingerprint density at radius 2 is 2.35 bits per heavy atom. The number of anilines is 1. The van der Waals surface area contributed by atoms with Crippen molar-refractivity contribution < 1.29 is 10.0 Å². The molecule has 88 valence electrons. The summed E-state index contributed by atoms with van der Waals surface area (Å²) in [5, 5.41) is 18.4. The predicted molar refractivity (Wildman–Crippen MR) is 68.4 cm³/mol. The van der Waals surface area contributed by atoms with E-state index in [1.165, 1.54) is 22.7 Å². The Morgan fingerprint density at radius 1 is 1.53 bits per heavy atom. The summed E-state index contributed by atoms with van der Waals surface area (Å²) in [6.07, 6.45) is 0. The minimum atomic E-state index is -0.181. The molecule has 0 saturated heterocycles. The highest BCUT2D eigenvalue weighted by Crippen LogP contribution is 2.18. The van der Waals surface area contributed by atoms with Gasteiger partial charge in [0, 0.05) is 5.38 Å². The molecule has 1 amide bonds. The first-order chi connectivity index (χ1) is 8.20. The number of carbonyl (C=O) groups excluding carboxylic acids is 1. The Balaban J connectivity index is 2.10. The van der Waals surface area contributed by atoms with Crippen molar-refractivity contribution >= 4 is 39.4 Å². The lowest BCUT2D eigenvalue weighted by molar-refractivity contribution is 0.103. The van der Waals surface area contributed by atoms with E-state index in [9.17, 15) is 4.79 Å². The molecule has 7 heteroatoms. The van der Waals surface area contributed by atoms with Gasteiger partial charge in [-0.05, 0) is 18.4 Å². The number of nitrogens with zero attached hydrogens (tertiary/aromatic N) is 2. The summed E-state index contributed by atoms with van der Waals surface area (Å²) in [5.41, 5.74) is 0.969. The maximum absolute atomic E-state index is 11.7. The van der Waals surface area contributed by atoms with E-state index in [1.54, 1.807) is 18.4 Å². The number of thiazole rings is 1. The van der Waals surface area contributed by atoms with E-state index in [0.29, 0.717) is 21.4 Å². The molecule has 0 unspecified atom stereocenters. The van der Waals surface area contributed by atoms with Crippen molar-refractivity contribution in [2.45, 2.75) is 6.92 Å². The Morgan fingerprint density at radius 3 is 3.00 bits per heavy atom. The molecule has 0 aliphatic carbocycles. The summed E-state index contributed by atoms with van der Waals surface area (Å²) in [6, 6.07) is 3.56. The van der Waals surface area contributed by atoms with Gasteiger partial charge in [-0.15, -0.1) is 22.7 Å². The summed E-state index contributed by atoms with van der Waals surface area (Å²) in [4.78, 5) is 16.5. The lowest BCUT2D eigenvalue weighted by Crippen LogP contribution is -2.10. The molecule has 0 radical (unpaired) electrons. The third kappa shape index (κ3) is 2.69. The molecule has 0 aliphatic rings. The Labute approximate surface area is 105 Å². The molecule has 0 fully saturated rings. The molecule has 0 atom stereocenters. The third-order valence-electron chi connectivity index (χ3n) is 1.99. The minimum absolute atomic E-state index is 0.181. The first kappa shape index (κ1) is 11.7. The molecular formula is C10H9N3O2S2. The van der Waals surface area contributed by atoms with E-state index in [2.05, 4.69) is 15.5 Å². The fourth-order valence-electron chi connectivity index (χ4n) is 1.12. The topological polar surface area (TPSA) is 74.6 Å². The normalized spacial score (nSPS) is 11.5. The zero-order valence-electron chi connectivity index (χ0n) is 8.88. The van der Waals surface area contributed by atoms with Crippen LogP contribution in [-0.2, 0) is 0 Å².